The first-order valence-electron chi connectivity index (χ1n) is 4.78. The molecule has 0 aliphatic rings. The van der Waals surface area contributed by atoms with E-state index < -0.39 is 12.0 Å². The van der Waals surface area contributed by atoms with Gasteiger partial charge in [-0.1, -0.05) is 29.8 Å². The number of benzene rings is 1. The Hall–Kier alpha value is -1.43. The molecule has 0 aliphatic carbocycles. The van der Waals surface area contributed by atoms with Crippen LogP contribution in [0.1, 0.15) is 11.7 Å². The SMILES string of the molecule is NC(C(=O)O)c1csc(-c2ccccc2Cl)n1. The summed E-state index contributed by atoms with van der Waals surface area (Å²) in [6.45, 7) is 0. The Labute approximate surface area is 107 Å². The lowest BCUT2D eigenvalue weighted by Gasteiger charge is -2.01. The number of carbonyl (C=O) groups is 1. The van der Waals surface area contributed by atoms with Crippen molar-refractivity contribution >= 4 is 28.9 Å². The number of carboxylic acids is 1. The van der Waals surface area contributed by atoms with Gasteiger partial charge in [0.2, 0.25) is 0 Å². The molecule has 0 amide bonds. The van der Waals surface area contributed by atoms with Crippen molar-refractivity contribution in [3.63, 3.8) is 0 Å². The van der Waals surface area contributed by atoms with Gasteiger partial charge in [-0.25, -0.2) is 4.98 Å². The summed E-state index contributed by atoms with van der Waals surface area (Å²) in [7, 11) is 0. The molecular formula is C11H9ClN2O2S. The van der Waals surface area contributed by atoms with Crippen LogP contribution in [0.15, 0.2) is 29.6 Å². The Balaban J connectivity index is 2.37. The fourth-order valence-corrected chi connectivity index (χ4v) is 2.49. The Kier molecular flexibility index (Phi) is 3.42. The van der Waals surface area contributed by atoms with Gasteiger partial charge < -0.3 is 10.8 Å². The summed E-state index contributed by atoms with van der Waals surface area (Å²) in [5.41, 5.74) is 6.60. The second-order valence-electron chi connectivity index (χ2n) is 3.37. The third-order valence-corrected chi connectivity index (χ3v) is 3.43. The smallest absolute Gasteiger partial charge is 0.326 e. The third kappa shape index (κ3) is 2.46. The van der Waals surface area contributed by atoms with Gasteiger partial charge in [-0.05, 0) is 6.07 Å². The van der Waals surface area contributed by atoms with Gasteiger partial charge in [0.15, 0.2) is 0 Å². The summed E-state index contributed by atoms with van der Waals surface area (Å²) in [6.07, 6.45) is 0. The zero-order valence-corrected chi connectivity index (χ0v) is 10.2. The van der Waals surface area contributed by atoms with Gasteiger partial charge in [-0.2, -0.15) is 0 Å². The number of hydrogen-bond acceptors (Lipinski definition) is 4. The molecule has 0 bridgehead atoms. The van der Waals surface area contributed by atoms with E-state index in [-0.39, 0.29) is 0 Å². The predicted molar refractivity (Wildman–Crippen MR) is 67.1 cm³/mol. The van der Waals surface area contributed by atoms with E-state index in [0.717, 1.165) is 5.56 Å². The number of halogens is 1. The maximum absolute atomic E-state index is 10.7. The van der Waals surface area contributed by atoms with Crippen molar-refractivity contribution in [2.24, 2.45) is 5.73 Å². The van der Waals surface area contributed by atoms with Gasteiger partial charge >= 0.3 is 5.97 Å². The molecule has 0 saturated carbocycles. The standard InChI is InChI=1S/C11H9ClN2O2S/c12-7-4-2-1-3-6(7)10-14-8(5-17-10)9(13)11(15)16/h1-5,9H,13H2,(H,15,16). The van der Waals surface area contributed by atoms with Crippen LogP contribution in [0, 0.1) is 0 Å². The highest BCUT2D eigenvalue weighted by atomic mass is 35.5. The highest BCUT2D eigenvalue weighted by molar-refractivity contribution is 7.13. The number of rotatable bonds is 3. The molecule has 17 heavy (non-hydrogen) atoms. The second-order valence-corrected chi connectivity index (χ2v) is 4.64. The third-order valence-electron chi connectivity index (χ3n) is 2.21. The lowest BCUT2D eigenvalue weighted by atomic mass is 10.2. The van der Waals surface area contributed by atoms with E-state index in [1.807, 2.05) is 18.2 Å². The quantitative estimate of drug-likeness (QED) is 0.897. The minimum atomic E-state index is -1.10. The van der Waals surface area contributed by atoms with Gasteiger partial charge in [0, 0.05) is 10.9 Å². The van der Waals surface area contributed by atoms with E-state index in [1.165, 1.54) is 11.3 Å². The maximum atomic E-state index is 10.7. The summed E-state index contributed by atoms with van der Waals surface area (Å²) < 4.78 is 0. The van der Waals surface area contributed by atoms with Crippen molar-refractivity contribution in [3.05, 3.63) is 40.4 Å². The van der Waals surface area contributed by atoms with E-state index in [0.29, 0.717) is 15.7 Å². The predicted octanol–water partition coefficient (Wildman–Crippen LogP) is 2.55. The second kappa shape index (κ2) is 4.83. The van der Waals surface area contributed by atoms with Gasteiger partial charge in [-0.15, -0.1) is 11.3 Å². The molecule has 0 aliphatic heterocycles. The van der Waals surface area contributed by atoms with Crippen LogP contribution in [0.4, 0.5) is 0 Å². The van der Waals surface area contributed by atoms with Crippen LogP contribution in [-0.4, -0.2) is 16.1 Å². The van der Waals surface area contributed by atoms with Crippen molar-refractivity contribution in [2.75, 3.05) is 0 Å². The average molecular weight is 269 g/mol. The lowest BCUT2D eigenvalue weighted by Crippen LogP contribution is -2.20. The number of nitrogens with two attached hydrogens (primary N) is 1. The fraction of sp³-hybridized carbons (Fsp3) is 0.0909. The zero-order valence-electron chi connectivity index (χ0n) is 8.63. The van der Waals surface area contributed by atoms with Crippen LogP contribution in [0.2, 0.25) is 5.02 Å². The van der Waals surface area contributed by atoms with Crippen LogP contribution in [0.5, 0.6) is 0 Å². The van der Waals surface area contributed by atoms with Crippen molar-refractivity contribution in [1.82, 2.24) is 4.98 Å². The first-order valence-corrected chi connectivity index (χ1v) is 6.04. The summed E-state index contributed by atoms with van der Waals surface area (Å²) in [5.74, 6) is -1.10. The fourth-order valence-electron chi connectivity index (χ4n) is 1.31. The number of nitrogens with zero attached hydrogens (tertiary/aromatic N) is 1. The number of thiazole rings is 1. The Morgan fingerprint density at radius 3 is 2.82 bits per heavy atom. The summed E-state index contributed by atoms with van der Waals surface area (Å²) >= 11 is 7.35. The number of aromatic nitrogens is 1. The molecular weight excluding hydrogens is 260 g/mol. The van der Waals surface area contributed by atoms with Crippen LogP contribution in [0.3, 0.4) is 0 Å². The number of hydrogen-bond donors (Lipinski definition) is 2. The molecule has 0 radical (unpaired) electrons. The molecule has 1 unspecified atom stereocenters. The molecule has 6 heteroatoms. The molecule has 0 fully saturated rings. The molecule has 0 saturated heterocycles. The number of carboxylic acid groups (broad SMARTS) is 1. The van der Waals surface area contributed by atoms with Crippen molar-refractivity contribution in [3.8, 4) is 10.6 Å². The van der Waals surface area contributed by atoms with E-state index >= 15 is 0 Å². The van der Waals surface area contributed by atoms with E-state index in [2.05, 4.69) is 4.98 Å². The average Bonchev–Trinajstić information content (AvgIpc) is 2.77. The highest BCUT2D eigenvalue weighted by Crippen LogP contribution is 2.31. The van der Waals surface area contributed by atoms with Crippen LogP contribution < -0.4 is 5.73 Å². The summed E-state index contributed by atoms with van der Waals surface area (Å²) in [6, 6.07) is 6.16. The molecule has 2 rings (SSSR count). The Bertz CT molecular complexity index is 556. The van der Waals surface area contributed by atoms with Crippen LogP contribution >= 0.6 is 22.9 Å². The minimum Gasteiger partial charge on any atom is -0.480 e. The van der Waals surface area contributed by atoms with Crippen LogP contribution in [0.25, 0.3) is 10.6 Å². The molecule has 1 heterocycles. The van der Waals surface area contributed by atoms with Crippen molar-refractivity contribution in [1.29, 1.82) is 0 Å². The number of aliphatic carboxylic acids is 1. The van der Waals surface area contributed by atoms with E-state index in [9.17, 15) is 4.79 Å². The van der Waals surface area contributed by atoms with Crippen molar-refractivity contribution < 1.29 is 9.90 Å². The van der Waals surface area contributed by atoms with Gasteiger partial charge in [0.1, 0.15) is 11.0 Å². The molecule has 88 valence electrons. The minimum absolute atomic E-state index is 0.345. The monoisotopic (exact) mass is 268 g/mol. The first kappa shape index (κ1) is 12.0. The van der Waals surface area contributed by atoms with E-state index in [1.54, 1.807) is 11.4 Å². The van der Waals surface area contributed by atoms with E-state index in [4.69, 9.17) is 22.4 Å². The normalized spacial score (nSPS) is 12.4. The molecule has 1 aromatic heterocycles. The zero-order chi connectivity index (χ0) is 12.4. The Morgan fingerprint density at radius 2 is 2.18 bits per heavy atom. The Morgan fingerprint density at radius 1 is 1.47 bits per heavy atom. The lowest BCUT2D eigenvalue weighted by molar-refractivity contribution is -0.138. The van der Waals surface area contributed by atoms with Crippen molar-refractivity contribution in [2.45, 2.75) is 6.04 Å². The van der Waals surface area contributed by atoms with Gasteiger partial charge in [0.25, 0.3) is 0 Å². The molecule has 0 spiro atoms. The molecule has 2 aromatic rings. The molecule has 1 atom stereocenters. The first-order chi connectivity index (χ1) is 8.09. The summed E-state index contributed by atoms with van der Waals surface area (Å²) in [5, 5.41) is 11.7. The maximum Gasteiger partial charge on any atom is 0.326 e. The van der Waals surface area contributed by atoms with Crippen LogP contribution in [-0.2, 0) is 4.79 Å². The van der Waals surface area contributed by atoms with Gasteiger partial charge in [0.05, 0.1) is 10.7 Å². The molecule has 1 aromatic carbocycles. The molecule has 3 N–H and O–H groups in total. The van der Waals surface area contributed by atoms with Gasteiger partial charge in [-0.3, -0.25) is 4.79 Å². The molecule has 4 nitrogen and oxygen atoms in total. The summed E-state index contributed by atoms with van der Waals surface area (Å²) in [4.78, 5) is 14.9. The largest absolute Gasteiger partial charge is 0.480 e. The topological polar surface area (TPSA) is 76.2 Å². The highest BCUT2D eigenvalue weighted by Gasteiger charge is 2.18.